The molecule has 18 heavy (non-hydrogen) atoms. The minimum atomic E-state index is 0.795. The van der Waals surface area contributed by atoms with Gasteiger partial charge in [0.1, 0.15) is 5.82 Å². The second kappa shape index (κ2) is 5.45. The van der Waals surface area contributed by atoms with E-state index in [0.29, 0.717) is 0 Å². The Hall–Kier alpha value is -2.16. The van der Waals surface area contributed by atoms with Gasteiger partial charge in [0.05, 0.1) is 5.69 Å². The molecule has 3 rings (SSSR count). The van der Waals surface area contributed by atoms with Crippen molar-refractivity contribution in [2.24, 2.45) is 0 Å². The predicted octanol–water partition coefficient (Wildman–Crippen LogP) is 3.73. The Morgan fingerprint density at radius 3 is 2.33 bits per heavy atom. The van der Waals surface area contributed by atoms with Gasteiger partial charge in [-0.15, -0.1) is 0 Å². The van der Waals surface area contributed by atoms with E-state index in [2.05, 4.69) is 28.3 Å². The van der Waals surface area contributed by atoms with E-state index in [-0.39, 0.29) is 0 Å². The minimum Gasteiger partial charge on any atom is -0.213 e. The Morgan fingerprint density at radius 1 is 0.889 bits per heavy atom. The average molecular weight is 239 g/mol. The molecule has 2 aromatic heterocycles. The summed E-state index contributed by atoms with van der Waals surface area (Å²) in [6.07, 6.45) is 0. The topological polar surface area (TPSA) is 30.2 Å². The van der Waals surface area contributed by atoms with Gasteiger partial charge in [-0.3, -0.25) is 0 Å². The number of aryl methyl sites for hydroxylation is 1. The molecule has 0 aliphatic carbocycles. The highest BCUT2D eigenvalue weighted by atomic mass is 15.3. The molecular formula is C15H17N3. The molecular weight excluding hydrogens is 222 g/mol. The Morgan fingerprint density at radius 2 is 1.61 bits per heavy atom. The van der Waals surface area contributed by atoms with Crippen molar-refractivity contribution in [3.05, 3.63) is 54.4 Å². The van der Waals surface area contributed by atoms with Crippen LogP contribution in [0.5, 0.6) is 0 Å². The number of fused-ring (bicyclic) bond motifs is 1. The quantitative estimate of drug-likeness (QED) is 0.647. The number of hydrogen-bond acceptors (Lipinski definition) is 2. The second-order valence-corrected chi connectivity index (χ2v) is 3.71. The molecule has 92 valence electrons. The number of rotatable bonds is 1. The first-order valence-electron chi connectivity index (χ1n) is 6.22. The summed E-state index contributed by atoms with van der Waals surface area (Å²) in [6.45, 7) is 5.90. The van der Waals surface area contributed by atoms with Crippen molar-refractivity contribution in [1.82, 2.24) is 14.6 Å². The van der Waals surface area contributed by atoms with Crippen LogP contribution in [0.2, 0.25) is 0 Å². The summed E-state index contributed by atoms with van der Waals surface area (Å²) in [5, 5.41) is 4.40. The van der Waals surface area contributed by atoms with Crippen LogP contribution in [0.1, 0.15) is 19.7 Å². The third-order valence-electron chi connectivity index (χ3n) is 2.54. The standard InChI is InChI=1S/C13H11N3.C2H6/c1-10-14-13-9-5-8-12(16(13)15-10)11-6-3-2-4-7-11;1-2/h2-9H,1H3;1-2H3. The lowest BCUT2D eigenvalue weighted by atomic mass is 10.1. The number of hydrogen-bond donors (Lipinski definition) is 0. The van der Waals surface area contributed by atoms with Crippen molar-refractivity contribution in [3.63, 3.8) is 0 Å². The maximum atomic E-state index is 4.40. The van der Waals surface area contributed by atoms with Crippen molar-refractivity contribution in [1.29, 1.82) is 0 Å². The molecule has 0 amide bonds. The zero-order valence-electron chi connectivity index (χ0n) is 11.0. The summed E-state index contributed by atoms with van der Waals surface area (Å²) in [6, 6.07) is 16.2. The normalized spacial score (nSPS) is 9.94. The van der Waals surface area contributed by atoms with Gasteiger partial charge in [0.25, 0.3) is 0 Å². The van der Waals surface area contributed by atoms with E-state index in [0.717, 1.165) is 22.7 Å². The number of pyridine rings is 1. The molecule has 3 nitrogen and oxygen atoms in total. The molecule has 0 aliphatic rings. The Balaban J connectivity index is 0.000000574. The lowest BCUT2D eigenvalue weighted by Crippen LogP contribution is -1.93. The molecule has 0 spiro atoms. The Kier molecular flexibility index (Phi) is 3.72. The fourth-order valence-corrected chi connectivity index (χ4v) is 1.84. The Bertz CT molecular complexity index is 627. The van der Waals surface area contributed by atoms with Crippen molar-refractivity contribution in [2.45, 2.75) is 20.8 Å². The molecule has 0 fully saturated rings. The van der Waals surface area contributed by atoms with Gasteiger partial charge in [0, 0.05) is 5.56 Å². The highest BCUT2D eigenvalue weighted by molar-refractivity contribution is 5.62. The van der Waals surface area contributed by atoms with Crippen LogP contribution in [0.3, 0.4) is 0 Å². The molecule has 0 N–H and O–H groups in total. The van der Waals surface area contributed by atoms with E-state index in [4.69, 9.17) is 0 Å². The molecule has 0 atom stereocenters. The summed E-state index contributed by atoms with van der Waals surface area (Å²) in [4.78, 5) is 4.35. The first-order chi connectivity index (χ1) is 8.84. The molecule has 0 aliphatic heterocycles. The number of benzene rings is 1. The van der Waals surface area contributed by atoms with E-state index in [9.17, 15) is 0 Å². The summed E-state index contributed by atoms with van der Waals surface area (Å²) in [7, 11) is 0. The monoisotopic (exact) mass is 239 g/mol. The molecule has 1 aromatic carbocycles. The van der Waals surface area contributed by atoms with Gasteiger partial charge < -0.3 is 0 Å². The van der Waals surface area contributed by atoms with E-state index in [1.165, 1.54) is 0 Å². The van der Waals surface area contributed by atoms with Crippen LogP contribution in [0.25, 0.3) is 16.9 Å². The lowest BCUT2D eigenvalue weighted by Gasteiger charge is -2.03. The Labute approximate surface area is 107 Å². The van der Waals surface area contributed by atoms with Crippen molar-refractivity contribution in [2.75, 3.05) is 0 Å². The number of nitrogens with zero attached hydrogens (tertiary/aromatic N) is 3. The van der Waals surface area contributed by atoms with E-state index < -0.39 is 0 Å². The van der Waals surface area contributed by atoms with Gasteiger partial charge in [-0.25, -0.2) is 9.50 Å². The van der Waals surface area contributed by atoms with Crippen LogP contribution in [0.4, 0.5) is 0 Å². The maximum Gasteiger partial charge on any atom is 0.156 e. The van der Waals surface area contributed by atoms with Crippen LogP contribution in [-0.4, -0.2) is 14.6 Å². The summed E-state index contributed by atoms with van der Waals surface area (Å²) in [5.41, 5.74) is 3.11. The SMILES string of the molecule is CC.Cc1nc2cccc(-c3ccccc3)n2n1. The van der Waals surface area contributed by atoms with Crippen molar-refractivity contribution >= 4 is 5.65 Å². The summed E-state index contributed by atoms with van der Waals surface area (Å²) in [5.74, 6) is 0.795. The van der Waals surface area contributed by atoms with Crippen LogP contribution < -0.4 is 0 Å². The fourth-order valence-electron chi connectivity index (χ4n) is 1.84. The highest BCUT2D eigenvalue weighted by Crippen LogP contribution is 2.19. The van der Waals surface area contributed by atoms with Gasteiger partial charge in [-0.1, -0.05) is 50.2 Å². The predicted molar refractivity (Wildman–Crippen MR) is 74.5 cm³/mol. The lowest BCUT2D eigenvalue weighted by molar-refractivity contribution is 0.938. The largest absolute Gasteiger partial charge is 0.213 e. The van der Waals surface area contributed by atoms with Crippen LogP contribution in [0.15, 0.2) is 48.5 Å². The molecule has 0 saturated heterocycles. The first kappa shape index (κ1) is 12.3. The highest BCUT2D eigenvalue weighted by Gasteiger charge is 2.05. The van der Waals surface area contributed by atoms with Crippen LogP contribution >= 0.6 is 0 Å². The average Bonchev–Trinajstić information content (AvgIpc) is 2.82. The van der Waals surface area contributed by atoms with E-state index in [1.54, 1.807) is 0 Å². The molecule has 3 heteroatoms. The van der Waals surface area contributed by atoms with Gasteiger partial charge in [0.2, 0.25) is 0 Å². The molecule has 2 heterocycles. The summed E-state index contributed by atoms with van der Waals surface area (Å²) < 4.78 is 1.88. The molecule has 0 radical (unpaired) electrons. The van der Waals surface area contributed by atoms with Crippen LogP contribution in [-0.2, 0) is 0 Å². The van der Waals surface area contributed by atoms with Gasteiger partial charge in [-0.2, -0.15) is 5.10 Å². The third kappa shape index (κ3) is 2.25. The van der Waals surface area contributed by atoms with Crippen molar-refractivity contribution in [3.8, 4) is 11.3 Å². The fraction of sp³-hybridized carbons (Fsp3) is 0.200. The second-order valence-electron chi connectivity index (χ2n) is 3.71. The van der Waals surface area contributed by atoms with Crippen molar-refractivity contribution < 1.29 is 0 Å². The zero-order chi connectivity index (χ0) is 13.0. The molecule has 0 unspecified atom stereocenters. The smallest absolute Gasteiger partial charge is 0.156 e. The maximum absolute atomic E-state index is 4.40. The zero-order valence-corrected chi connectivity index (χ0v) is 11.0. The molecule has 0 bridgehead atoms. The molecule has 0 saturated carbocycles. The van der Waals surface area contributed by atoms with E-state index >= 15 is 0 Å². The summed E-state index contributed by atoms with van der Waals surface area (Å²) >= 11 is 0. The van der Waals surface area contributed by atoms with E-state index in [1.807, 2.05) is 55.6 Å². The number of aromatic nitrogens is 3. The molecule has 3 aromatic rings. The minimum absolute atomic E-state index is 0.795. The third-order valence-corrected chi connectivity index (χ3v) is 2.54. The first-order valence-corrected chi connectivity index (χ1v) is 6.22. The van der Waals surface area contributed by atoms with Gasteiger partial charge in [-0.05, 0) is 19.1 Å². The van der Waals surface area contributed by atoms with Crippen LogP contribution in [0, 0.1) is 6.92 Å². The van der Waals surface area contributed by atoms with Gasteiger partial charge in [0.15, 0.2) is 5.65 Å². The van der Waals surface area contributed by atoms with Gasteiger partial charge >= 0.3 is 0 Å².